The van der Waals surface area contributed by atoms with Crippen molar-refractivity contribution in [1.82, 2.24) is 9.78 Å². The molecule has 0 atom stereocenters. The molecule has 23 heavy (non-hydrogen) atoms. The highest BCUT2D eigenvalue weighted by molar-refractivity contribution is 7.46. The number of carbonyl (C=O) groups excluding carboxylic acids is 1. The molecule has 1 heterocycles. The summed E-state index contributed by atoms with van der Waals surface area (Å²) in [4.78, 5) is 29.2. The van der Waals surface area contributed by atoms with E-state index < -0.39 is 26.3 Å². The van der Waals surface area contributed by atoms with Crippen LogP contribution in [-0.2, 0) is 15.8 Å². The normalized spacial score (nSPS) is 11.5. The molecule has 2 rings (SSSR count). The highest BCUT2D eigenvalue weighted by Gasteiger charge is 2.18. The van der Waals surface area contributed by atoms with Crippen molar-refractivity contribution in [3.05, 3.63) is 46.5 Å². The minimum atomic E-state index is -4.70. The van der Waals surface area contributed by atoms with Crippen LogP contribution in [-0.4, -0.2) is 25.5 Å². The highest BCUT2D eigenvalue weighted by atomic mass is 35.5. The third-order valence-corrected chi connectivity index (χ3v) is 3.44. The van der Waals surface area contributed by atoms with Gasteiger partial charge in [0.25, 0.3) is 5.91 Å². The Morgan fingerprint density at radius 1 is 1.48 bits per heavy atom. The number of aromatic nitrogens is 2. The van der Waals surface area contributed by atoms with Crippen LogP contribution in [0.25, 0.3) is 0 Å². The molecule has 0 radical (unpaired) electrons. The summed E-state index contributed by atoms with van der Waals surface area (Å²) >= 11 is 5.79. The van der Waals surface area contributed by atoms with E-state index in [-0.39, 0.29) is 16.5 Å². The predicted molar refractivity (Wildman–Crippen MR) is 79.5 cm³/mol. The molecule has 8 nitrogen and oxygen atoms in total. The number of hydrogen-bond acceptors (Lipinski definition) is 4. The summed E-state index contributed by atoms with van der Waals surface area (Å²) in [5.41, 5.74) is 0.504. The van der Waals surface area contributed by atoms with Crippen LogP contribution in [0.2, 0.25) is 5.15 Å². The minimum absolute atomic E-state index is 0.0299. The van der Waals surface area contributed by atoms with Crippen molar-refractivity contribution >= 4 is 31.0 Å². The lowest BCUT2D eigenvalue weighted by atomic mass is 10.2. The molecule has 0 bridgehead atoms. The maximum Gasteiger partial charge on any atom is 0.471 e. The molecular weight excluding hydrogens is 352 g/mol. The molecule has 0 saturated carbocycles. The lowest BCUT2D eigenvalue weighted by molar-refractivity contribution is 0.101. The molecule has 1 aromatic heterocycles. The topological polar surface area (TPSA) is 114 Å². The number of amides is 1. The van der Waals surface area contributed by atoms with Crippen molar-refractivity contribution in [1.29, 1.82) is 0 Å². The molecule has 2 aromatic rings. The number of anilines is 1. The van der Waals surface area contributed by atoms with E-state index in [4.69, 9.17) is 21.4 Å². The number of nitrogens with one attached hydrogen (secondary N) is 1. The molecule has 1 aromatic carbocycles. The zero-order valence-corrected chi connectivity index (χ0v) is 13.4. The summed E-state index contributed by atoms with van der Waals surface area (Å²) in [5.74, 6) is -1.33. The van der Waals surface area contributed by atoms with Gasteiger partial charge in [0.2, 0.25) is 0 Å². The summed E-state index contributed by atoms with van der Waals surface area (Å²) in [6.07, 6.45) is 0. The van der Waals surface area contributed by atoms with E-state index in [1.54, 1.807) is 13.0 Å². The number of aryl methyl sites for hydroxylation is 1. The second-order valence-electron chi connectivity index (χ2n) is 4.54. The molecule has 11 heteroatoms. The van der Waals surface area contributed by atoms with E-state index in [9.17, 15) is 13.8 Å². The Morgan fingerprint density at radius 2 is 2.17 bits per heavy atom. The summed E-state index contributed by atoms with van der Waals surface area (Å²) < 4.78 is 29.4. The van der Waals surface area contributed by atoms with Crippen molar-refractivity contribution < 1.29 is 28.1 Å². The first kappa shape index (κ1) is 17.6. The van der Waals surface area contributed by atoms with E-state index in [2.05, 4.69) is 14.9 Å². The number of hydrogen-bond donors (Lipinski definition) is 3. The lowest BCUT2D eigenvalue weighted by Gasteiger charge is -2.06. The fourth-order valence-electron chi connectivity index (χ4n) is 1.63. The van der Waals surface area contributed by atoms with Gasteiger partial charge < -0.3 is 15.1 Å². The highest BCUT2D eigenvalue weighted by Crippen LogP contribution is 2.36. The van der Waals surface area contributed by atoms with Gasteiger partial charge in [-0.15, -0.1) is 0 Å². The van der Waals surface area contributed by atoms with Crippen LogP contribution in [0.15, 0.2) is 24.3 Å². The monoisotopic (exact) mass is 363 g/mol. The number of benzene rings is 1. The van der Waals surface area contributed by atoms with Gasteiger partial charge in [0, 0.05) is 6.07 Å². The van der Waals surface area contributed by atoms with Gasteiger partial charge >= 0.3 is 7.82 Å². The third kappa shape index (κ3) is 4.85. The maximum absolute atomic E-state index is 13.7. The summed E-state index contributed by atoms with van der Waals surface area (Å²) in [6.45, 7) is 1.06. The smallest absolute Gasteiger partial charge is 0.318 e. The van der Waals surface area contributed by atoms with Crippen LogP contribution >= 0.6 is 19.4 Å². The molecule has 3 N–H and O–H groups in total. The zero-order chi connectivity index (χ0) is 17.2. The molecule has 0 saturated heterocycles. The fraction of sp³-hybridized carbons (Fsp3) is 0.167. The predicted octanol–water partition coefficient (Wildman–Crippen LogP) is 2.30. The van der Waals surface area contributed by atoms with Gasteiger partial charge in [-0.2, -0.15) is 5.10 Å². The van der Waals surface area contributed by atoms with Crippen LogP contribution in [0.1, 0.15) is 16.1 Å². The molecule has 0 aliphatic heterocycles. The van der Waals surface area contributed by atoms with Gasteiger partial charge in [-0.3, -0.25) is 9.32 Å². The average molecular weight is 364 g/mol. The summed E-state index contributed by atoms with van der Waals surface area (Å²) in [7, 11) is -4.70. The SMILES string of the molecule is Cc1ccc(NC(=O)c2cc(Cl)n(COP(=O)(O)O)n2)c(F)c1. The summed E-state index contributed by atoms with van der Waals surface area (Å²) in [6, 6.07) is 5.44. The zero-order valence-electron chi connectivity index (χ0n) is 11.7. The van der Waals surface area contributed by atoms with Crippen molar-refractivity contribution in [2.45, 2.75) is 13.7 Å². The van der Waals surface area contributed by atoms with Crippen LogP contribution in [0, 0.1) is 12.7 Å². The van der Waals surface area contributed by atoms with E-state index >= 15 is 0 Å². The first-order chi connectivity index (χ1) is 10.7. The Labute approximate surface area is 135 Å². The standard InChI is InChI=1S/C12H12ClFN3O5P/c1-7-2-3-9(8(14)4-7)15-12(18)10-5-11(13)17(16-10)6-22-23(19,20)21/h2-5H,6H2,1H3,(H,15,18)(H2,19,20,21). The molecule has 0 fully saturated rings. The number of nitrogens with zero attached hydrogens (tertiary/aromatic N) is 2. The van der Waals surface area contributed by atoms with E-state index in [1.807, 2.05) is 0 Å². The van der Waals surface area contributed by atoms with Gasteiger partial charge in [-0.1, -0.05) is 17.7 Å². The van der Waals surface area contributed by atoms with E-state index in [1.165, 1.54) is 12.1 Å². The minimum Gasteiger partial charge on any atom is -0.318 e. The number of carbonyl (C=O) groups is 1. The van der Waals surface area contributed by atoms with Crippen LogP contribution in [0.4, 0.5) is 10.1 Å². The Bertz CT molecular complexity index is 791. The molecule has 124 valence electrons. The Hall–Kier alpha value is -1.77. The number of phosphoric acid groups is 1. The van der Waals surface area contributed by atoms with Crippen molar-refractivity contribution in [2.75, 3.05) is 5.32 Å². The molecule has 0 aliphatic rings. The quantitative estimate of drug-likeness (QED) is 0.702. The van der Waals surface area contributed by atoms with Crippen LogP contribution in [0.5, 0.6) is 0 Å². The van der Waals surface area contributed by atoms with Crippen molar-refractivity contribution in [3.8, 4) is 0 Å². The van der Waals surface area contributed by atoms with Gasteiger partial charge in [-0.05, 0) is 24.6 Å². The second kappa shape index (κ2) is 6.77. The van der Waals surface area contributed by atoms with E-state index in [0.29, 0.717) is 5.56 Å². The lowest BCUT2D eigenvalue weighted by Crippen LogP contribution is -2.14. The second-order valence-corrected chi connectivity index (χ2v) is 6.16. The molecule has 0 spiro atoms. The number of rotatable bonds is 5. The number of halogens is 2. The Kier molecular flexibility index (Phi) is 5.18. The van der Waals surface area contributed by atoms with Gasteiger partial charge in [-0.25, -0.2) is 13.6 Å². The molecule has 1 amide bonds. The molecule has 0 aliphatic carbocycles. The van der Waals surface area contributed by atoms with Crippen LogP contribution in [0.3, 0.4) is 0 Å². The van der Waals surface area contributed by atoms with Crippen molar-refractivity contribution in [3.63, 3.8) is 0 Å². The Morgan fingerprint density at radius 3 is 2.78 bits per heavy atom. The van der Waals surface area contributed by atoms with Gasteiger partial charge in [0.1, 0.15) is 11.0 Å². The van der Waals surface area contributed by atoms with Crippen LogP contribution < -0.4 is 5.32 Å². The first-order valence-electron chi connectivity index (χ1n) is 6.16. The molecule has 0 unspecified atom stereocenters. The summed E-state index contributed by atoms with van der Waals surface area (Å²) in [5, 5.41) is 5.99. The fourth-order valence-corrected chi connectivity index (χ4v) is 2.08. The van der Waals surface area contributed by atoms with Gasteiger partial charge in [0.05, 0.1) is 5.69 Å². The van der Waals surface area contributed by atoms with Crippen molar-refractivity contribution in [2.24, 2.45) is 0 Å². The third-order valence-electron chi connectivity index (χ3n) is 2.68. The molecular formula is C12H12ClFN3O5P. The van der Waals surface area contributed by atoms with E-state index in [0.717, 1.165) is 10.7 Å². The maximum atomic E-state index is 13.7. The average Bonchev–Trinajstić information content (AvgIpc) is 2.80. The first-order valence-corrected chi connectivity index (χ1v) is 8.07. The number of phosphoric ester groups is 1. The largest absolute Gasteiger partial charge is 0.471 e. The Balaban J connectivity index is 2.12. The van der Waals surface area contributed by atoms with Gasteiger partial charge in [0.15, 0.2) is 12.4 Å².